The average Bonchev–Trinajstić information content (AvgIpc) is 2.70. The molecule has 28 heavy (non-hydrogen) atoms. The van der Waals surface area contributed by atoms with Gasteiger partial charge in [-0.25, -0.2) is 8.42 Å². The van der Waals surface area contributed by atoms with E-state index in [1.807, 2.05) is 31.2 Å². The van der Waals surface area contributed by atoms with Crippen molar-refractivity contribution in [1.82, 2.24) is 4.31 Å². The van der Waals surface area contributed by atoms with Crippen LogP contribution in [0.25, 0.3) is 0 Å². The van der Waals surface area contributed by atoms with Crippen LogP contribution in [0.3, 0.4) is 0 Å². The summed E-state index contributed by atoms with van der Waals surface area (Å²) in [7, 11) is -1.97. The molecule has 0 aromatic heterocycles. The summed E-state index contributed by atoms with van der Waals surface area (Å²) >= 11 is 0. The highest BCUT2D eigenvalue weighted by atomic mass is 32.2. The number of carbonyl (C=O) groups is 1. The molecule has 150 valence electrons. The Balaban J connectivity index is 1.65. The molecular formula is C21H26N2O4S. The summed E-state index contributed by atoms with van der Waals surface area (Å²) in [6.45, 7) is 4.37. The van der Waals surface area contributed by atoms with Crippen LogP contribution < -0.4 is 10.1 Å². The molecule has 0 radical (unpaired) electrons. The zero-order chi connectivity index (χ0) is 20.3. The fraction of sp³-hybridized carbons (Fsp3) is 0.381. The quantitative estimate of drug-likeness (QED) is 0.832. The van der Waals surface area contributed by atoms with Crippen LogP contribution in [0.1, 0.15) is 24.0 Å². The summed E-state index contributed by atoms with van der Waals surface area (Å²) < 4.78 is 32.7. The van der Waals surface area contributed by atoms with Crippen molar-refractivity contribution in [2.24, 2.45) is 5.92 Å². The van der Waals surface area contributed by atoms with Gasteiger partial charge < -0.3 is 10.1 Å². The Bertz CT molecular complexity index is 964. The number of methoxy groups -OCH3 is 1. The number of hydrogen-bond acceptors (Lipinski definition) is 4. The molecule has 1 N–H and O–H groups in total. The van der Waals surface area contributed by atoms with Crippen molar-refractivity contribution in [3.8, 4) is 5.75 Å². The number of hydrogen-bond donors (Lipinski definition) is 1. The molecule has 1 fully saturated rings. The highest BCUT2D eigenvalue weighted by Gasteiger charge is 2.32. The van der Waals surface area contributed by atoms with Gasteiger partial charge >= 0.3 is 0 Å². The van der Waals surface area contributed by atoms with Gasteiger partial charge in [-0.2, -0.15) is 4.31 Å². The molecule has 7 heteroatoms. The summed E-state index contributed by atoms with van der Waals surface area (Å²) in [6, 6.07) is 12.6. The second-order valence-corrected chi connectivity index (χ2v) is 9.07. The second-order valence-electron chi connectivity index (χ2n) is 7.17. The molecule has 1 amide bonds. The van der Waals surface area contributed by atoms with Crippen LogP contribution in [0, 0.1) is 19.8 Å². The molecular weight excluding hydrogens is 376 g/mol. The van der Waals surface area contributed by atoms with Gasteiger partial charge in [0.05, 0.1) is 12.0 Å². The van der Waals surface area contributed by atoms with Gasteiger partial charge in [0.25, 0.3) is 0 Å². The fourth-order valence-corrected chi connectivity index (χ4v) is 5.21. The largest absolute Gasteiger partial charge is 0.497 e. The molecule has 0 bridgehead atoms. The van der Waals surface area contributed by atoms with Gasteiger partial charge in [0.2, 0.25) is 15.9 Å². The number of nitrogens with one attached hydrogen (secondary N) is 1. The molecule has 6 nitrogen and oxygen atoms in total. The first-order valence-corrected chi connectivity index (χ1v) is 10.8. The van der Waals surface area contributed by atoms with Crippen molar-refractivity contribution in [3.05, 3.63) is 53.6 Å². The van der Waals surface area contributed by atoms with Crippen LogP contribution in [-0.2, 0) is 14.8 Å². The van der Waals surface area contributed by atoms with Crippen LogP contribution in [0.4, 0.5) is 5.69 Å². The highest BCUT2D eigenvalue weighted by Crippen LogP contribution is 2.27. The highest BCUT2D eigenvalue weighted by molar-refractivity contribution is 7.89. The van der Waals surface area contributed by atoms with Crippen LogP contribution in [0.2, 0.25) is 0 Å². The monoisotopic (exact) mass is 402 g/mol. The molecule has 1 aliphatic rings. The van der Waals surface area contributed by atoms with Gasteiger partial charge in [0.1, 0.15) is 5.75 Å². The van der Waals surface area contributed by atoms with E-state index in [1.54, 1.807) is 32.2 Å². The van der Waals surface area contributed by atoms with Crippen LogP contribution in [0.5, 0.6) is 5.75 Å². The zero-order valence-corrected chi connectivity index (χ0v) is 17.3. The number of benzene rings is 2. The predicted octanol–water partition coefficient (Wildman–Crippen LogP) is 3.35. The van der Waals surface area contributed by atoms with E-state index in [0.29, 0.717) is 42.3 Å². The Morgan fingerprint density at radius 2 is 1.82 bits per heavy atom. The lowest BCUT2D eigenvalue weighted by molar-refractivity contribution is -0.120. The average molecular weight is 403 g/mol. The number of ether oxygens (including phenoxy) is 1. The topological polar surface area (TPSA) is 75.7 Å². The first-order chi connectivity index (χ1) is 13.3. The number of rotatable bonds is 5. The van der Waals surface area contributed by atoms with Gasteiger partial charge in [-0.1, -0.05) is 18.2 Å². The molecule has 0 saturated carbocycles. The minimum Gasteiger partial charge on any atom is -0.497 e. The van der Waals surface area contributed by atoms with Crippen molar-refractivity contribution in [3.63, 3.8) is 0 Å². The molecule has 0 atom stereocenters. The summed E-state index contributed by atoms with van der Waals surface area (Å²) in [5.74, 6) is 0.375. The van der Waals surface area contributed by atoms with Gasteiger partial charge in [-0.3, -0.25) is 4.79 Å². The van der Waals surface area contributed by atoms with Crippen molar-refractivity contribution in [2.45, 2.75) is 31.6 Å². The number of nitrogens with zero attached hydrogens (tertiary/aromatic N) is 1. The van der Waals surface area contributed by atoms with Crippen molar-refractivity contribution < 1.29 is 17.9 Å². The van der Waals surface area contributed by atoms with E-state index >= 15 is 0 Å². The van der Waals surface area contributed by atoms with Crippen molar-refractivity contribution >= 4 is 21.6 Å². The second kappa shape index (κ2) is 8.32. The van der Waals surface area contributed by atoms with E-state index in [-0.39, 0.29) is 11.8 Å². The Hall–Kier alpha value is -2.38. The van der Waals surface area contributed by atoms with Gasteiger partial charge in [0, 0.05) is 30.8 Å². The molecule has 0 unspecified atom stereocenters. The molecule has 1 heterocycles. The summed E-state index contributed by atoms with van der Waals surface area (Å²) in [5, 5.41) is 2.90. The Morgan fingerprint density at radius 3 is 2.50 bits per heavy atom. The summed E-state index contributed by atoms with van der Waals surface area (Å²) in [5.41, 5.74) is 2.33. The van der Waals surface area contributed by atoms with Gasteiger partial charge in [-0.15, -0.1) is 0 Å². The Kier molecular flexibility index (Phi) is 6.05. The van der Waals surface area contributed by atoms with E-state index in [1.165, 1.54) is 4.31 Å². The zero-order valence-electron chi connectivity index (χ0n) is 16.4. The standard InChI is InChI=1S/C21H26N2O4S/c1-15-7-8-16(2)20(13-15)28(25,26)23-11-9-17(10-12-23)21(24)22-18-5-4-6-19(14-18)27-3/h4-8,13-14,17H,9-12H2,1-3H3,(H,22,24). The molecule has 1 aliphatic heterocycles. The van der Waals surface area contributed by atoms with Gasteiger partial charge in [0.15, 0.2) is 0 Å². The summed E-state index contributed by atoms with van der Waals surface area (Å²) in [4.78, 5) is 12.9. The van der Waals surface area contributed by atoms with Crippen molar-refractivity contribution in [2.75, 3.05) is 25.5 Å². The maximum Gasteiger partial charge on any atom is 0.243 e. The van der Waals surface area contributed by atoms with E-state index in [2.05, 4.69) is 5.32 Å². The number of sulfonamides is 1. The first kappa shape index (κ1) is 20.4. The third kappa shape index (κ3) is 4.36. The molecule has 0 aliphatic carbocycles. The molecule has 0 spiro atoms. The molecule has 1 saturated heterocycles. The van der Waals surface area contributed by atoms with E-state index in [4.69, 9.17) is 4.74 Å². The Labute approximate surface area is 166 Å². The third-order valence-electron chi connectivity index (χ3n) is 5.12. The minimum atomic E-state index is -3.55. The smallest absolute Gasteiger partial charge is 0.243 e. The summed E-state index contributed by atoms with van der Waals surface area (Å²) in [6.07, 6.45) is 1.000. The number of anilines is 1. The normalized spacial score (nSPS) is 16.0. The fourth-order valence-electron chi connectivity index (χ4n) is 3.43. The van der Waals surface area contributed by atoms with Crippen LogP contribution >= 0.6 is 0 Å². The van der Waals surface area contributed by atoms with Gasteiger partial charge in [-0.05, 0) is 56.0 Å². The number of piperidine rings is 1. The minimum absolute atomic E-state index is 0.0861. The number of carbonyl (C=O) groups excluding carboxylic acids is 1. The van der Waals surface area contributed by atoms with Crippen LogP contribution in [-0.4, -0.2) is 38.8 Å². The third-order valence-corrected chi connectivity index (χ3v) is 7.16. The van der Waals surface area contributed by atoms with Crippen LogP contribution in [0.15, 0.2) is 47.4 Å². The predicted molar refractivity (Wildman–Crippen MR) is 109 cm³/mol. The van der Waals surface area contributed by atoms with Crippen molar-refractivity contribution in [1.29, 1.82) is 0 Å². The molecule has 2 aromatic carbocycles. The first-order valence-electron chi connectivity index (χ1n) is 9.33. The lowest BCUT2D eigenvalue weighted by Gasteiger charge is -2.31. The van der Waals surface area contributed by atoms with E-state index < -0.39 is 10.0 Å². The maximum atomic E-state index is 13.0. The lowest BCUT2D eigenvalue weighted by atomic mass is 9.97. The number of aryl methyl sites for hydroxylation is 2. The SMILES string of the molecule is COc1cccc(NC(=O)C2CCN(S(=O)(=O)c3cc(C)ccc3C)CC2)c1. The maximum absolute atomic E-state index is 13.0. The molecule has 3 rings (SSSR count). The van der Waals surface area contributed by atoms with E-state index in [9.17, 15) is 13.2 Å². The van der Waals surface area contributed by atoms with E-state index in [0.717, 1.165) is 11.1 Å². The lowest BCUT2D eigenvalue weighted by Crippen LogP contribution is -2.41. The molecule has 2 aromatic rings. The number of amides is 1. The Morgan fingerprint density at radius 1 is 1.11 bits per heavy atom.